The smallest absolute Gasteiger partial charge is 0.193 e. The van der Waals surface area contributed by atoms with Crippen LogP contribution in [0, 0.1) is 5.41 Å². The molecule has 3 fully saturated rings. The second-order valence-electron chi connectivity index (χ2n) is 7.86. The zero-order chi connectivity index (χ0) is 17.0. The van der Waals surface area contributed by atoms with Crippen molar-refractivity contribution in [2.24, 2.45) is 10.4 Å². The van der Waals surface area contributed by atoms with E-state index in [2.05, 4.69) is 40.9 Å². The van der Waals surface area contributed by atoms with Crippen LogP contribution >= 0.6 is 24.0 Å². The first-order valence-electron chi connectivity index (χ1n) is 9.65. The molecule has 3 aliphatic rings. The highest BCUT2D eigenvalue weighted by molar-refractivity contribution is 14.0. The molecule has 3 saturated heterocycles. The molecule has 3 aliphatic heterocycles. The monoisotopic (exact) mass is 465 g/mol. The van der Waals surface area contributed by atoms with Gasteiger partial charge in [-0.25, -0.2) is 0 Å². The molecule has 0 aromatic heterocycles. The van der Waals surface area contributed by atoms with Crippen LogP contribution in [0.1, 0.15) is 26.7 Å². The minimum atomic E-state index is 0. The molecule has 6 nitrogen and oxygen atoms in total. The molecule has 0 aliphatic carbocycles. The van der Waals surface area contributed by atoms with Gasteiger partial charge in [-0.05, 0) is 33.7 Å². The lowest BCUT2D eigenvalue weighted by Crippen LogP contribution is -2.49. The third-order valence-corrected chi connectivity index (χ3v) is 5.92. The fraction of sp³-hybridized carbons (Fsp3) is 0.944. The molecule has 146 valence electrons. The topological polar surface area (TPSA) is 43.3 Å². The Bertz CT molecular complexity index is 433. The number of guanidine groups is 1. The van der Waals surface area contributed by atoms with Gasteiger partial charge in [0.25, 0.3) is 0 Å². The number of hydrogen-bond acceptors (Lipinski definition) is 4. The quantitative estimate of drug-likeness (QED) is 0.386. The molecule has 7 heteroatoms. The highest BCUT2D eigenvalue weighted by Gasteiger charge is 2.42. The molecule has 1 N–H and O–H groups in total. The maximum absolute atomic E-state index is 5.66. The molecule has 0 amide bonds. The summed E-state index contributed by atoms with van der Waals surface area (Å²) in [6, 6.07) is 0.513. The zero-order valence-corrected chi connectivity index (χ0v) is 18.5. The van der Waals surface area contributed by atoms with E-state index in [0.717, 1.165) is 58.4 Å². The van der Waals surface area contributed by atoms with Gasteiger partial charge in [0.1, 0.15) is 0 Å². The Labute approximate surface area is 170 Å². The van der Waals surface area contributed by atoms with Crippen molar-refractivity contribution in [2.45, 2.75) is 32.7 Å². The van der Waals surface area contributed by atoms with E-state index in [0.29, 0.717) is 11.5 Å². The van der Waals surface area contributed by atoms with Crippen molar-refractivity contribution in [3.05, 3.63) is 0 Å². The second kappa shape index (κ2) is 9.71. The number of nitrogens with one attached hydrogen (secondary N) is 1. The fourth-order valence-corrected chi connectivity index (χ4v) is 4.11. The number of hydrogen-bond donors (Lipinski definition) is 1. The third kappa shape index (κ3) is 5.43. The van der Waals surface area contributed by atoms with Crippen molar-refractivity contribution in [1.29, 1.82) is 0 Å². The Morgan fingerprint density at radius 2 is 1.96 bits per heavy atom. The summed E-state index contributed by atoms with van der Waals surface area (Å²) in [5.74, 6) is 1.10. The SMILES string of the molecule is CCNC(=NCC(C)N1CCN(C)CC1)N1CCC2(CCOC2)C1.I. The van der Waals surface area contributed by atoms with Crippen molar-refractivity contribution in [3.8, 4) is 0 Å². The number of rotatable bonds is 4. The Morgan fingerprint density at radius 1 is 1.20 bits per heavy atom. The standard InChI is InChI=1S/C18H35N5O.HI/c1-4-19-17(23-7-5-18(14-23)6-12-24-15-18)20-13-16(2)22-10-8-21(3)9-11-22;/h16H,4-15H2,1-3H3,(H,19,20);1H. The number of likely N-dealkylation sites (tertiary alicyclic amines) is 1. The van der Waals surface area contributed by atoms with E-state index in [1.54, 1.807) is 0 Å². The summed E-state index contributed by atoms with van der Waals surface area (Å²) in [6.07, 6.45) is 2.45. The summed E-state index contributed by atoms with van der Waals surface area (Å²) in [5, 5.41) is 3.50. The molecule has 3 heterocycles. The van der Waals surface area contributed by atoms with E-state index in [4.69, 9.17) is 9.73 Å². The highest BCUT2D eigenvalue weighted by Crippen LogP contribution is 2.38. The van der Waals surface area contributed by atoms with Crippen LogP contribution in [-0.4, -0.2) is 99.3 Å². The van der Waals surface area contributed by atoms with Gasteiger partial charge in [0.05, 0.1) is 13.2 Å². The van der Waals surface area contributed by atoms with E-state index in [1.165, 1.54) is 25.9 Å². The number of halogens is 1. The van der Waals surface area contributed by atoms with Crippen molar-refractivity contribution in [2.75, 3.05) is 72.6 Å². The number of nitrogens with zero attached hydrogens (tertiary/aromatic N) is 4. The Balaban J connectivity index is 0.00000225. The van der Waals surface area contributed by atoms with Gasteiger partial charge < -0.3 is 19.9 Å². The summed E-state index contributed by atoms with van der Waals surface area (Å²) >= 11 is 0. The Kier molecular flexibility index (Phi) is 8.23. The molecular formula is C18H36IN5O. The van der Waals surface area contributed by atoms with E-state index in [-0.39, 0.29) is 24.0 Å². The van der Waals surface area contributed by atoms with Crippen LogP contribution in [0.4, 0.5) is 0 Å². The average Bonchev–Trinajstić information content (AvgIpc) is 3.22. The van der Waals surface area contributed by atoms with Crippen molar-refractivity contribution >= 4 is 29.9 Å². The maximum Gasteiger partial charge on any atom is 0.193 e. The molecule has 1 spiro atoms. The minimum Gasteiger partial charge on any atom is -0.381 e. The second-order valence-corrected chi connectivity index (χ2v) is 7.86. The predicted octanol–water partition coefficient (Wildman–Crippen LogP) is 1.32. The van der Waals surface area contributed by atoms with Gasteiger partial charge in [0, 0.05) is 63.9 Å². The van der Waals surface area contributed by atoms with Crippen LogP contribution in [0.15, 0.2) is 4.99 Å². The Morgan fingerprint density at radius 3 is 2.60 bits per heavy atom. The van der Waals surface area contributed by atoms with E-state index in [9.17, 15) is 0 Å². The molecule has 25 heavy (non-hydrogen) atoms. The zero-order valence-electron chi connectivity index (χ0n) is 16.2. The maximum atomic E-state index is 5.66. The van der Waals surface area contributed by atoms with E-state index >= 15 is 0 Å². The average molecular weight is 465 g/mol. The lowest BCUT2D eigenvalue weighted by atomic mass is 9.87. The minimum absolute atomic E-state index is 0. The fourth-order valence-electron chi connectivity index (χ4n) is 4.11. The van der Waals surface area contributed by atoms with Gasteiger partial charge in [-0.1, -0.05) is 0 Å². The number of piperazine rings is 1. The van der Waals surface area contributed by atoms with Crippen LogP contribution in [-0.2, 0) is 4.74 Å². The van der Waals surface area contributed by atoms with Gasteiger partial charge in [-0.3, -0.25) is 9.89 Å². The normalized spacial score (nSPS) is 29.9. The van der Waals surface area contributed by atoms with E-state index in [1.807, 2.05) is 0 Å². The molecule has 0 aromatic carbocycles. The number of likely N-dealkylation sites (N-methyl/N-ethyl adjacent to an activating group) is 1. The van der Waals surface area contributed by atoms with Gasteiger partial charge in [0.2, 0.25) is 0 Å². The highest BCUT2D eigenvalue weighted by atomic mass is 127. The van der Waals surface area contributed by atoms with Gasteiger partial charge in [-0.2, -0.15) is 0 Å². The Hall–Kier alpha value is -0.120. The molecule has 2 unspecified atom stereocenters. The van der Waals surface area contributed by atoms with Gasteiger partial charge in [-0.15, -0.1) is 24.0 Å². The summed E-state index contributed by atoms with van der Waals surface area (Å²) in [7, 11) is 2.21. The van der Waals surface area contributed by atoms with Crippen LogP contribution < -0.4 is 5.32 Å². The molecule has 3 rings (SSSR count). The van der Waals surface area contributed by atoms with Crippen LogP contribution in [0.2, 0.25) is 0 Å². The molecule has 0 saturated carbocycles. The van der Waals surface area contributed by atoms with Crippen molar-refractivity contribution in [3.63, 3.8) is 0 Å². The molecule has 0 radical (unpaired) electrons. The lowest BCUT2D eigenvalue weighted by molar-refractivity contribution is 0.122. The summed E-state index contributed by atoms with van der Waals surface area (Å²) in [5.41, 5.74) is 0.388. The largest absolute Gasteiger partial charge is 0.381 e. The molecule has 0 aromatic rings. The predicted molar refractivity (Wildman–Crippen MR) is 114 cm³/mol. The van der Waals surface area contributed by atoms with E-state index < -0.39 is 0 Å². The molecule has 2 atom stereocenters. The summed E-state index contributed by atoms with van der Waals surface area (Å²) in [6.45, 7) is 15.0. The van der Waals surface area contributed by atoms with Crippen LogP contribution in [0.5, 0.6) is 0 Å². The lowest BCUT2D eigenvalue weighted by Gasteiger charge is -2.36. The first kappa shape index (κ1) is 21.2. The van der Waals surface area contributed by atoms with Gasteiger partial charge in [0.15, 0.2) is 5.96 Å². The van der Waals surface area contributed by atoms with Gasteiger partial charge >= 0.3 is 0 Å². The van der Waals surface area contributed by atoms with Crippen molar-refractivity contribution < 1.29 is 4.74 Å². The molecule has 0 bridgehead atoms. The van der Waals surface area contributed by atoms with Crippen LogP contribution in [0.3, 0.4) is 0 Å². The summed E-state index contributed by atoms with van der Waals surface area (Å²) in [4.78, 5) is 12.4. The van der Waals surface area contributed by atoms with Crippen LogP contribution in [0.25, 0.3) is 0 Å². The summed E-state index contributed by atoms with van der Waals surface area (Å²) < 4.78 is 5.66. The first-order chi connectivity index (χ1) is 11.6. The number of aliphatic imine (C=N–C) groups is 1. The first-order valence-corrected chi connectivity index (χ1v) is 9.65. The molecular weight excluding hydrogens is 429 g/mol. The number of ether oxygens (including phenoxy) is 1. The third-order valence-electron chi connectivity index (χ3n) is 5.92. The van der Waals surface area contributed by atoms with Crippen molar-refractivity contribution in [1.82, 2.24) is 20.0 Å².